The van der Waals surface area contributed by atoms with Crippen LogP contribution in [0.25, 0.3) is 0 Å². The summed E-state index contributed by atoms with van der Waals surface area (Å²) in [6.07, 6.45) is 0. The van der Waals surface area contributed by atoms with Crippen molar-refractivity contribution in [1.82, 2.24) is 0 Å². The topological polar surface area (TPSA) is 63.2 Å². The van der Waals surface area contributed by atoms with Gasteiger partial charge in [0, 0.05) is 27.4 Å². The van der Waals surface area contributed by atoms with E-state index in [0.717, 1.165) is 4.90 Å². The minimum Gasteiger partial charge on any atom is -0.325 e. The Kier molecular flexibility index (Phi) is 5.39. The zero-order chi connectivity index (χ0) is 16.3. The second-order valence-electron chi connectivity index (χ2n) is 4.31. The molecule has 0 saturated carbocycles. The van der Waals surface area contributed by atoms with Crippen molar-refractivity contribution >= 4 is 54.7 Å². The molecule has 22 heavy (non-hydrogen) atoms. The van der Waals surface area contributed by atoms with Crippen LogP contribution in [0.1, 0.15) is 6.92 Å². The lowest BCUT2D eigenvalue weighted by Gasteiger charge is -2.12. The molecule has 0 aliphatic heterocycles. The lowest BCUT2D eigenvalue weighted by molar-refractivity contribution is -0.114. The van der Waals surface area contributed by atoms with Crippen LogP contribution in [0.4, 0.5) is 5.69 Å². The quantitative estimate of drug-likeness (QED) is 0.805. The molecule has 0 bridgehead atoms. The number of nitrogens with one attached hydrogen (secondary N) is 1. The van der Waals surface area contributed by atoms with Crippen molar-refractivity contribution in [3.63, 3.8) is 0 Å². The first kappa shape index (κ1) is 17.1. The van der Waals surface area contributed by atoms with E-state index in [1.165, 1.54) is 30.8 Å². The summed E-state index contributed by atoms with van der Waals surface area (Å²) in [5.74, 6) is -0.285. The molecule has 0 radical (unpaired) electrons. The van der Waals surface area contributed by atoms with Gasteiger partial charge in [-0.3, -0.25) is 4.79 Å². The fraction of sp³-hybridized carbons (Fsp3) is 0.0714. The first-order chi connectivity index (χ1) is 10.3. The molecule has 1 N–H and O–H groups in total. The lowest BCUT2D eigenvalue weighted by Crippen LogP contribution is -2.07. The van der Waals surface area contributed by atoms with E-state index >= 15 is 0 Å². The molecule has 116 valence electrons. The van der Waals surface area contributed by atoms with Crippen molar-refractivity contribution in [2.24, 2.45) is 0 Å². The number of anilines is 1. The summed E-state index contributed by atoms with van der Waals surface area (Å²) in [7, 11) is 1.41. The molecule has 0 aromatic heterocycles. The first-order valence-electron chi connectivity index (χ1n) is 6.06. The number of amides is 1. The van der Waals surface area contributed by atoms with Gasteiger partial charge in [0.05, 0.1) is 10.7 Å². The Bertz CT molecular complexity index is 808. The number of benzene rings is 2. The van der Waals surface area contributed by atoms with Crippen LogP contribution >= 0.6 is 34.0 Å². The maximum absolute atomic E-state index is 11.6. The van der Waals surface area contributed by atoms with Crippen LogP contribution in [0.3, 0.4) is 0 Å². The molecule has 4 nitrogen and oxygen atoms in total. The van der Waals surface area contributed by atoms with E-state index in [9.17, 15) is 13.2 Å². The summed E-state index contributed by atoms with van der Waals surface area (Å²) in [5, 5.41) is 2.59. The van der Waals surface area contributed by atoms with E-state index in [-0.39, 0.29) is 15.8 Å². The van der Waals surface area contributed by atoms with E-state index in [1.54, 1.807) is 0 Å². The number of carbonyl (C=O) groups excluding carboxylic acids is 1. The monoisotopic (exact) mass is 375 g/mol. The van der Waals surface area contributed by atoms with E-state index < -0.39 is 9.05 Å². The highest BCUT2D eigenvalue weighted by atomic mass is 35.7. The van der Waals surface area contributed by atoms with Crippen LogP contribution in [-0.4, -0.2) is 14.3 Å². The van der Waals surface area contributed by atoms with Crippen molar-refractivity contribution < 1.29 is 13.2 Å². The maximum atomic E-state index is 11.6. The van der Waals surface area contributed by atoms with E-state index in [4.69, 9.17) is 22.3 Å². The number of hydrogen-bond acceptors (Lipinski definition) is 4. The summed E-state index contributed by atoms with van der Waals surface area (Å²) in [6.45, 7) is 1.36. The Morgan fingerprint density at radius 1 is 1.18 bits per heavy atom. The number of rotatable bonds is 4. The minimum atomic E-state index is -3.98. The van der Waals surface area contributed by atoms with Gasteiger partial charge in [0.25, 0.3) is 9.05 Å². The number of halogens is 2. The molecule has 0 aliphatic carbocycles. The largest absolute Gasteiger partial charge is 0.325 e. The van der Waals surface area contributed by atoms with Crippen LogP contribution in [0.15, 0.2) is 57.2 Å². The SMILES string of the molecule is CC(=O)Nc1cc(Cl)c(S(=O)(=O)Cl)cc1Sc1ccccc1. The molecule has 1 amide bonds. The molecular formula is C14H11Cl2NO3S2. The zero-order valence-electron chi connectivity index (χ0n) is 11.3. The molecule has 2 aromatic carbocycles. The van der Waals surface area contributed by atoms with Crippen LogP contribution in [-0.2, 0) is 13.8 Å². The smallest absolute Gasteiger partial charge is 0.262 e. The van der Waals surface area contributed by atoms with Crippen LogP contribution in [0.5, 0.6) is 0 Å². The highest BCUT2D eigenvalue weighted by Gasteiger charge is 2.19. The Hall–Kier alpha value is -1.21. The number of carbonyl (C=O) groups is 1. The van der Waals surface area contributed by atoms with Crippen LogP contribution in [0.2, 0.25) is 5.02 Å². The molecule has 2 rings (SSSR count). The van der Waals surface area contributed by atoms with Crippen molar-refractivity contribution in [3.05, 3.63) is 47.5 Å². The van der Waals surface area contributed by atoms with Gasteiger partial charge in [0.2, 0.25) is 5.91 Å². The normalized spacial score (nSPS) is 11.2. The fourth-order valence-corrected chi connectivity index (χ4v) is 4.25. The average Bonchev–Trinajstić information content (AvgIpc) is 2.41. The molecular weight excluding hydrogens is 365 g/mol. The Balaban J connectivity index is 2.54. The van der Waals surface area contributed by atoms with Gasteiger partial charge in [-0.2, -0.15) is 0 Å². The fourth-order valence-electron chi connectivity index (χ4n) is 1.71. The summed E-state index contributed by atoms with van der Waals surface area (Å²) in [6, 6.07) is 12.1. The van der Waals surface area contributed by atoms with Crippen molar-refractivity contribution in [1.29, 1.82) is 0 Å². The lowest BCUT2D eigenvalue weighted by atomic mass is 10.3. The van der Waals surface area contributed by atoms with E-state index in [2.05, 4.69) is 5.32 Å². The molecule has 0 fully saturated rings. The van der Waals surface area contributed by atoms with Crippen LogP contribution in [0, 0.1) is 0 Å². The average molecular weight is 376 g/mol. The van der Waals surface area contributed by atoms with Gasteiger partial charge in [-0.15, -0.1) is 0 Å². The summed E-state index contributed by atoms with van der Waals surface area (Å²) < 4.78 is 23.2. The Morgan fingerprint density at radius 2 is 1.82 bits per heavy atom. The molecule has 0 heterocycles. The van der Waals surface area contributed by atoms with Gasteiger partial charge in [0.15, 0.2) is 0 Å². The minimum absolute atomic E-state index is 0.0452. The second kappa shape index (κ2) is 6.91. The van der Waals surface area contributed by atoms with Gasteiger partial charge in [0.1, 0.15) is 4.90 Å². The van der Waals surface area contributed by atoms with E-state index in [0.29, 0.717) is 10.6 Å². The van der Waals surface area contributed by atoms with Crippen molar-refractivity contribution in [3.8, 4) is 0 Å². The highest BCUT2D eigenvalue weighted by molar-refractivity contribution is 8.13. The second-order valence-corrected chi connectivity index (χ2v) is 8.37. The third-order valence-corrected chi connectivity index (χ3v) is 5.43. The summed E-state index contributed by atoms with van der Waals surface area (Å²) in [4.78, 5) is 12.5. The van der Waals surface area contributed by atoms with Gasteiger partial charge in [-0.25, -0.2) is 8.42 Å². The third-order valence-electron chi connectivity index (χ3n) is 2.58. The maximum Gasteiger partial charge on any atom is 0.262 e. The molecule has 0 saturated heterocycles. The van der Waals surface area contributed by atoms with Gasteiger partial charge in [-0.1, -0.05) is 41.6 Å². The molecule has 0 spiro atoms. The molecule has 8 heteroatoms. The molecule has 2 aromatic rings. The first-order valence-corrected chi connectivity index (χ1v) is 9.56. The Labute approximate surface area is 142 Å². The summed E-state index contributed by atoms with van der Waals surface area (Å²) >= 11 is 7.25. The van der Waals surface area contributed by atoms with Gasteiger partial charge >= 0.3 is 0 Å². The van der Waals surface area contributed by atoms with Crippen LogP contribution < -0.4 is 5.32 Å². The zero-order valence-corrected chi connectivity index (χ0v) is 14.5. The van der Waals surface area contributed by atoms with Gasteiger partial charge < -0.3 is 5.32 Å². The van der Waals surface area contributed by atoms with E-state index in [1.807, 2.05) is 30.3 Å². The molecule has 0 aliphatic rings. The predicted molar refractivity (Wildman–Crippen MR) is 89.4 cm³/mol. The summed E-state index contributed by atoms with van der Waals surface area (Å²) in [5.41, 5.74) is 0.426. The molecule has 0 atom stereocenters. The highest BCUT2D eigenvalue weighted by Crippen LogP contribution is 2.39. The predicted octanol–water partition coefficient (Wildman–Crippen LogP) is 4.38. The number of hydrogen-bond donors (Lipinski definition) is 1. The van der Waals surface area contributed by atoms with Crippen molar-refractivity contribution in [2.75, 3.05) is 5.32 Å². The van der Waals surface area contributed by atoms with Gasteiger partial charge in [-0.05, 0) is 24.3 Å². The Morgan fingerprint density at radius 3 is 2.36 bits per heavy atom. The standard InChI is InChI=1S/C14H11Cl2NO3S2/c1-9(18)17-12-7-11(15)14(22(16,19)20)8-13(12)21-10-5-3-2-4-6-10/h2-8H,1H3,(H,17,18). The third kappa shape index (κ3) is 4.39. The van der Waals surface area contributed by atoms with Crippen molar-refractivity contribution in [2.45, 2.75) is 21.6 Å². The molecule has 0 unspecified atom stereocenters.